The van der Waals surface area contributed by atoms with Gasteiger partial charge in [-0.2, -0.15) is 0 Å². The van der Waals surface area contributed by atoms with Gasteiger partial charge in [-0.15, -0.1) is 0 Å². The van der Waals surface area contributed by atoms with E-state index < -0.39 is 11.4 Å². The van der Waals surface area contributed by atoms with Crippen molar-refractivity contribution in [3.63, 3.8) is 0 Å². The van der Waals surface area contributed by atoms with Gasteiger partial charge < -0.3 is 15.3 Å². The number of amides is 2. The predicted molar refractivity (Wildman–Crippen MR) is 82.0 cm³/mol. The topological polar surface area (TPSA) is 69.6 Å². The van der Waals surface area contributed by atoms with Crippen LogP contribution in [-0.2, 0) is 4.79 Å². The smallest absolute Gasteiger partial charge is 0.321 e. The number of rotatable bonds is 3. The molecule has 1 aromatic carbocycles. The molecule has 1 aliphatic heterocycles. The molecule has 1 saturated heterocycles. The number of halogens is 2. The van der Waals surface area contributed by atoms with Crippen LogP contribution in [0.5, 0.6) is 0 Å². The third-order valence-corrected chi connectivity index (χ3v) is 4.68. The molecule has 0 saturated carbocycles. The molecule has 5 nitrogen and oxygen atoms in total. The molecule has 114 valence electrons. The molecule has 7 heteroatoms. The summed E-state index contributed by atoms with van der Waals surface area (Å²) in [6.07, 6.45) is 0.965. The Morgan fingerprint density at radius 2 is 2.10 bits per heavy atom. The number of urea groups is 1. The molecule has 1 atom stereocenters. The van der Waals surface area contributed by atoms with E-state index >= 15 is 0 Å². The lowest BCUT2D eigenvalue weighted by Gasteiger charge is -2.23. The molecule has 2 amide bonds. The SMILES string of the molecule is CCC1(C(=O)O)CCN(C(=O)Nc2ccc(Cl)c(Cl)c2)C1. The number of carbonyl (C=O) groups excluding carboxylic acids is 1. The summed E-state index contributed by atoms with van der Waals surface area (Å²) in [6, 6.07) is 4.47. The number of carboxylic acid groups (broad SMARTS) is 1. The lowest BCUT2D eigenvalue weighted by atomic mass is 9.84. The fraction of sp³-hybridized carbons (Fsp3) is 0.429. The van der Waals surface area contributed by atoms with E-state index in [1.165, 1.54) is 4.90 Å². The van der Waals surface area contributed by atoms with E-state index in [1.54, 1.807) is 18.2 Å². The number of carbonyl (C=O) groups is 2. The summed E-state index contributed by atoms with van der Waals surface area (Å²) in [6.45, 7) is 2.47. The zero-order valence-corrected chi connectivity index (χ0v) is 13.0. The first-order valence-corrected chi connectivity index (χ1v) is 7.38. The van der Waals surface area contributed by atoms with Crippen LogP contribution in [0.25, 0.3) is 0 Å². The van der Waals surface area contributed by atoms with Gasteiger partial charge in [-0.05, 0) is 31.0 Å². The summed E-state index contributed by atoms with van der Waals surface area (Å²) in [5.74, 6) is -0.852. The largest absolute Gasteiger partial charge is 0.481 e. The zero-order valence-electron chi connectivity index (χ0n) is 11.5. The van der Waals surface area contributed by atoms with Crippen molar-refractivity contribution in [2.75, 3.05) is 18.4 Å². The van der Waals surface area contributed by atoms with Crippen LogP contribution in [0.4, 0.5) is 10.5 Å². The molecule has 1 heterocycles. The minimum Gasteiger partial charge on any atom is -0.481 e. The molecule has 2 N–H and O–H groups in total. The van der Waals surface area contributed by atoms with Crippen molar-refractivity contribution in [1.29, 1.82) is 0 Å². The molecule has 1 fully saturated rings. The first-order valence-electron chi connectivity index (χ1n) is 6.62. The van der Waals surface area contributed by atoms with Crippen molar-refractivity contribution in [1.82, 2.24) is 4.90 Å². The fourth-order valence-electron chi connectivity index (χ4n) is 2.44. The summed E-state index contributed by atoms with van der Waals surface area (Å²) in [7, 11) is 0. The molecule has 1 aliphatic rings. The Morgan fingerprint density at radius 3 is 2.62 bits per heavy atom. The number of likely N-dealkylation sites (tertiary alicyclic amines) is 1. The zero-order chi connectivity index (χ0) is 15.6. The van der Waals surface area contributed by atoms with Crippen LogP contribution in [0.2, 0.25) is 10.0 Å². The maximum Gasteiger partial charge on any atom is 0.321 e. The van der Waals surface area contributed by atoms with E-state index in [2.05, 4.69) is 5.32 Å². The van der Waals surface area contributed by atoms with E-state index in [1.807, 2.05) is 6.92 Å². The van der Waals surface area contributed by atoms with Crippen molar-refractivity contribution in [3.8, 4) is 0 Å². The number of carboxylic acids is 1. The number of hydrogen-bond donors (Lipinski definition) is 2. The average molecular weight is 331 g/mol. The molecule has 0 radical (unpaired) electrons. The van der Waals surface area contributed by atoms with Gasteiger partial charge in [0, 0.05) is 18.8 Å². The normalized spacial score (nSPS) is 21.4. The molecule has 0 aromatic heterocycles. The van der Waals surface area contributed by atoms with E-state index in [0.29, 0.717) is 35.1 Å². The second kappa shape index (κ2) is 6.12. The van der Waals surface area contributed by atoms with Gasteiger partial charge >= 0.3 is 12.0 Å². The minimum absolute atomic E-state index is 0.214. The molecule has 0 bridgehead atoms. The highest BCUT2D eigenvalue weighted by atomic mass is 35.5. The van der Waals surface area contributed by atoms with E-state index in [9.17, 15) is 14.7 Å². The molecule has 0 spiro atoms. The standard InChI is InChI=1S/C14H16Cl2N2O3/c1-2-14(12(19)20)5-6-18(8-14)13(21)17-9-3-4-10(15)11(16)7-9/h3-4,7H,2,5-6,8H2,1H3,(H,17,21)(H,19,20). The lowest BCUT2D eigenvalue weighted by molar-refractivity contribution is -0.148. The van der Waals surface area contributed by atoms with Gasteiger partial charge in [-0.1, -0.05) is 30.1 Å². The second-order valence-electron chi connectivity index (χ2n) is 5.17. The summed E-state index contributed by atoms with van der Waals surface area (Å²) >= 11 is 11.7. The van der Waals surface area contributed by atoms with Crippen LogP contribution in [0.3, 0.4) is 0 Å². The molecule has 1 aromatic rings. The summed E-state index contributed by atoms with van der Waals surface area (Å²) in [5, 5.41) is 12.8. The van der Waals surface area contributed by atoms with Gasteiger partial charge in [0.15, 0.2) is 0 Å². The van der Waals surface area contributed by atoms with Gasteiger partial charge in [0.1, 0.15) is 0 Å². The van der Waals surface area contributed by atoms with Crippen molar-refractivity contribution in [2.24, 2.45) is 5.41 Å². The van der Waals surface area contributed by atoms with E-state index in [4.69, 9.17) is 23.2 Å². The third-order valence-electron chi connectivity index (χ3n) is 3.94. The van der Waals surface area contributed by atoms with Crippen LogP contribution >= 0.6 is 23.2 Å². The van der Waals surface area contributed by atoms with Crippen LogP contribution in [-0.4, -0.2) is 35.1 Å². The Hall–Kier alpha value is -1.46. The third kappa shape index (κ3) is 3.24. The van der Waals surface area contributed by atoms with Gasteiger partial charge in [-0.25, -0.2) is 4.79 Å². The number of hydrogen-bond acceptors (Lipinski definition) is 2. The molecule has 21 heavy (non-hydrogen) atoms. The van der Waals surface area contributed by atoms with Crippen molar-refractivity contribution in [2.45, 2.75) is 19.8 Å². The molecule has 0 aliphatic carbocycles. The maximum absolute atomic E-state index is 12.2. The van der Waals surface area contributed by atoms with Gasteiger partial charge in [0.25, 0.3) is 0 Å². The predicted octanol–water partition coefficient (Wildman–Crippen LogP) is 3.71. The van der Waals surface area contributed by atoms with Gasteiger partial charge in [0.2, 0.25) is 0 Å². The Labute approximate surface area is 132 Å². The van der Waals surface area contributed by atoms with Crippen LogP contribution in [0, 0.1) is 5.41 Å². The quantitative estimate of drug-likeness (QED) is 0.887. The van der Waals surface area contributed by atoms with Crippen molar-refractivity contribution < 1.29 is 14.7 Å². The lowest BCUT2D eigenvalue weighted by Crippen LogP contribution is -2.38. The fourth-order valence-corrected chi connectivity index (χ4v) is 2.73. The molecule has 2 rings (SSSR count). The highest BCUT2D eigenvalue weighted by molar-refractivity contribution is 6.42. The molecular formula is C14H16Cl2N2O3. The van der Waals surface area contributed by atoms with Gasteiger partial charge in [0.05, 0.1) is 15.5 Å². The number of benzene rings is 1. The first-order chi connectivity index (χ1) is 9.88. The Balaban J connectivity index is 2.05. The number of nitrogens with one attached hydrogen (secondary N) is 1. The molecule has 1 unspecified atom stereocenters. The second-order valence-corrected chi connectivity index (χ2v) is 5.98. The number of nitrogens with zero attached hydrogens (tertiary/aromatic N) is 1. The average Bonchev–Trinajstić information content (AvgIpc) is 2.89. The Bertz CT molecular complexity index is 579. The minimum atomic E-state index is -0.852. The van der Waals surface area contributed by atoms with Crippen LogP contribution < -0.4 is 5.32 Å². The van der Waals surface area contributed by atoms with Crippen LogP contribution in [0.1, 0.15) is 19.8 Å². The summed E-state index contributed by atoms with van der Waals surface area (Å²) < 4.78 is 0. The maximum atomic E-state index is 12.2. The van der Waals surface area contributed by atoms with Crippen LogP contribution in [0.15, 0.2) is 18.2 Å². The van der Waals surface area contributed by atoms with Gasteiger partial charge in [-0.3, -0.25) is 4.79 Å². The number of aliphatic carboxylic acids is 1. The summed E-state index contributed by atoms with van der Waals surface area (Å²) in [4.78, 5) is 25.1. The van der Waals surface area contributed by atoms with Crippen molar-refractivity contribution >= 4 is 40.9 Å². The monoisotopic (exact) mass is 330 g/mol. The number of anilines is 1. The first kappa shape index (κ1) is 15.9. The Morgan fingerprint density at radius 1 is 1.38 bits per heavy atom. The Kier molecular flexibility index (Phi) is 4.64. The highest BCUT2D eigenvalue weighted by Gasteiger charge is 2.44. The highest BCUT2D eigenvalue weighted by Crippen LogP contribution is 2.34. The molecular weight excluding hydrogens is 315 g/mol. The van der Waals surface area contributed by atoms with E-state index in [0.717, 1.165) is 0 Å². The van der Waals surface area contributed by atoms with E-state index in [-0.39, 0.29) is 12.6 Å². The van der Waals surface area contributed by atoms with Crippen molar-refractivity contribution in [3.05, 3.63) is 28.2 Å². The summed E-state index contributed by atoms with van der Waals surface area (Å²) in [5.41, 5.74) is -0.312.